The Bertz CT molecular complexity index is 1610. The summed E-state index contributed by atoms with van der Waals surface area (Å²) < 4.78 is 32.3. The summed E-state index contributed by atoms with van der Waals surface area (Å²) >= 11 is 0. The zero-order chi connectivity index (χ0) is 29.6. The first-order chi connectivity index (χ1) is 20.1. The Morgan fingerprint density at radius 2 is 1.83 bits per heavy atom. The molecule has 4 heterocycles. The van der Waals surface area contributed by atoms with E-state index < -0.39 is 11.8 Å². The average molecular weight is 577 g/mol. The number of halogens is 1. The minimum absolute atomic E-state index is 0.0664. The molecule has 4 aromatic rings. The van der Waals surface area contributed by atoms with Crippen molar-refractivity contribution in [3.63, 3.8) is 0 Å². The number of benzene rings is 1. The van der Waals surface area contributed by atoms with Gasteiger partial charge in [-0.3, -0.25) is 4.68 Å². The Labute approximate surface area is 244 Å². The van der Waals surface area contributed by atoms with E-state index in [0.29, 0.717) is 25.1 Å². The molecule has 1 aromatic carbocycles. The van der Waals surface area contributed by atoms with Gasteiger partial charge in [-0.25, -0.2) is 19.2 Å². The fraction of sp³-hybridized carbons (Fsp3) is 0.484. The van der Waals surface area contributed by atoms with Crippen LogP contribution in [-0.2, 0) is 16.5 Å². The number of hydrogen-bond acceptors (Lipinski definition) is 8. The maximum atomic E-state index is 13.8. The molecule has 6 rings (SSSR count). The Morgan fingerprint density at radius 1 is 1.07 bits per heavy atom. The Balaban J connectivity index is 1.24. The molecule has 1 amide bonds. The number of aromatic nitrogens is 4. The Morgan fingerprint density at radius 3 is 2.57 bits per heavy atom. The van der Waals surface area contributed by atoms with Crippen LogP contribution in [0.4, 0.5) is 15.0 Å². The zero-order valence-electron chi connectivity index (χ0n) is 24.7. The van der Waals surface area contributed by atoms with Crippen molar-refractivity contribution in [1.82, 2.24) is 24.6 Å². The summed E-state index contributed by atoms with van der Waals surface area (Å²) in [6.45, 7) is 7.03. The van der Waals surface area contributed by atoms with E-state index in [0.717, 1.165) is 52.0 Å². The van der Waals surface area contributed by atoms with Gasteiger partial charge in [-0.1, -0.05) is 0 Å². The van der Waals surface area contributed by atoms with Crippen LogP contribution in [0.25, 0.3) is 33.2 Å². The molecule has 1 aliphatic heterocycles. The molecule has 1 unspecified atom stereocenters. The second-order valence-corrected chi connectivity index (χ2v) is 12.2. The number of fused-ring (bicyclic) bond motifs is 2. The highest BCUT2D eigenvalue weighted by molar-refractivity contribution is 5.89. The van der Waals surface area contributed by atoms with Gasteiger partial charge in [-0.05, 0) is 70.4 Å². The number of anilines is 1. The van der Waals surface area contributed by atoms with Crippen LogP contribution in [-0.4, -0.2) is 81.6 Å². The van der Waals surface area contributed by atoms with Crippen molar-refractivity contribution < 1.29 is 23.4 Å². The van der Waals surface area contributed by atoms with E-state index >= 15 is 0 Å². The number of pyridine rings is 2. The number of carbonyl (C=O) groups is 1. The molecule has 0 radical (unpaired) electrons. The number of methoxy groups -OCH3 is 1. The molecule has 2 aliphatic rings. The summed E-state index contributed by atoms with van der Waals surface area (Å²) in [6, 6.07) is 11.6. The van der Waals surface area contributed by atoms with Crippen LogP contribution in [0.1, 0.15) is 40.0 Å². The molecule has 11 heteroatoms. The maximum absolute atomic E-state index is 13.8. The molecule has 1 saturated heterocycles. The van der Waals surface area contributed by atoms with Crippen LogP contribution in [0.3, 0.4) is 0 Å². The third-order valence-electron chi connectivity index (χ3n) is 7.79. The first kappa shape index (κ1) is 28.1. The quantitative estimate of drug-likeness (QED) is 0.267. The van der Waals surface area contributed by atoms with E-state index in [9.17, 15) is 9.18 Å². The second-order valence-electron chi connectivity index (χ2n) is 12.2. The molecule has 1 atom stereocenters. The minimum Gasteiger partial charge on any atom is -0.467 e. The van der Waals surface area contributed by atoms with Gasteiger partial charge in [-0.15, -0.1) is 0 Å². The summed E-state index contributed by atoms with van der Waals surface area (Å²) in [5.74, 6) is 1.46. The van der Waals surface area contributed by atoms with Gasteiger partial charge in [0, 0.05) is 56.5 Å². The van der Waals surface area contributed by atoms with E-state index in [1.54, 1.807) is 16.7 Å². The molecular formula is C31H37FN6O4. The van der Waals surface area contributed by atoms with E-state index in [4.69, 9.17) is 24.2 Å². The minimum atomic E-state index is -0.856. The highest BCUT2D eigenvalue weighted by Crippen LogP contribution is 2.36. The smallest absolute Gasteiger partial charge is 0.410 e. The van der Waals surface area contributed by atoms with Crippen molar-refractivity contribution in [3.05, 3.63) is 42.6 Å². The van der Waals surface area contributed by atoms with Crippen LogP contribution in [0.5, 0.6) is 5.75 Å². The van der Waals surface area contributed by atoms with Crippen LogP contribution in [0, 0.1) is 0 Å². The standard InChI is InChI=1S/C31H37FN6O4/c1-31(2,3)42-30(39)38(22-13-20(32)14-22)21-10-11-37(17-21)29-9-8-25-26(34-29)7-6-24(33-25)23-12-19-16-36(4)35-27(19)15-28(23)41-18-40-5/h6-9,12,15-16,20-22H,10-11,13-14,17-18H2,1-5H3/t20-,21?,22+. The zero-order valence-corrected chi connectivity index (χ0v) is 24.7. The third-order valence-corrected chi connectivity index (χ3v) is 7.79. The van der Waals surface area contributed by atoms with Crippen molar-refractivity contribution in [2.24, 2.45) is 7.05 Å². The van der Waals surface area contributed by atoms with Crippen LogP contribution < -0.4 is 9.64 Å². The highest BCUT2D eigenvalue weighted by atomic mass is 19.1. The third kappa shape index (κ3) is 5.70. The molecule has 0 bridgehead atoms. The van der Waals surface area contributed by atoms with Gasteiger partial charge in [0.05, 0.1) is 28.3 Å². The second kappa shape index (κ2) is 11.0. The molecule has 222 valence electrons. The fourth-order valence-corrected chi connectivity index (χ4v) is 5.78. The molecule has 3 aromatic heterocycles. The van der Waals surface area contributed by atoms with E-state index in [1.165, 1.54) is 0 Å². The van der Waals surface area contributed by atoms with E-state index in [-0.39, 0.29) is 25.0 Å². The number of alkyl halides is 1. The molecular weight excluding hydrogens is 539 g/mol. The fourth-order valence-electron chi connectivity index (χ4n) is 5.78. The number of aryl methyl sites for hydroxylation is 1. The largest absolute Gasteiger partial charge is 0.467 e. The van der Waals surface area contributed by atoms with Crippen molar-refractivity contribution in [2.75, 3.05) is 31.9 Å². The van der Waals surface area contributed by atoms with Crippen molar-refractivity contribution >= 4 is 33.8 Å². The molecule has 1 aliphatic carbocycles. The SMILES string of the molecule is COCOc1cc2nn(C)cc2cc1-c1ccc2nc(N3CCC(N(C(=O)OC(C)(C)C)[C@H]4C[C@@H](F)C4)C3)ccc2n1. The Kier molecular flexibility index (Phi) is 7.38. The predicted octanol–water partition coefficient (Wildman–Crippen LogP) is 5.48. The van der Waals surface area contributed by atoms with Crippen molar-refractivity contribution in [2.45, 2.75) is 63.9 Å². The van der Waals surface area contributed by atoms with E-state index in [1.807, 2.05) is 70.4 Å². The van der Waals surface area contributed by atoms with Gasteiger partial charge in [0.1, 0.15) is 23.3 Å². The average Bonchev–Trinajstić information content (AvgIpc) is 3.54. The Hall–Kier alpha value is -3.99. The van der Waals surface area contributed by atoms with Gasteiger partial charge in [0.2, 0.25) is 0 Å². The molecule has 42 heavy (non-hydrogen) atoms. The summed E-state index contributed by atoms with van der Waals surface area (Å²) in [5, 5.41) is 5.48. The molecule has 10 nitrogen and oxygen atoms in total. The summed E-state index contributed by atoms with van der Waals surface area (Å²) in [5.41, 5.74) is 3.35. The maximum Gasteiger partial charge on any atom is 0.410 e. The lowest BCUT2D eigenvalue weighted by Crippen LogP contribution is -2.55. The molecule has 0 spiro atoms. The normalized spacial score (nSPS) is 20.6. The predicted molar refractivity (Wildman–Crippen MR) is 158 cm³/mol. The van der Waals surface area contributed by atoms with E-state index in [2.05, 4.69) is 10.00 Å². The van der Waals surface area contributed by atoms with Gasteiger partial charge in [0.25, 0.3) is 0 Å². The van der Waals surface area contributed by atoms with Gasteiger partial charge in [-0.2, -0.15) is 5.10 Å². The lowest BCUT2D eigenvalue weighted by Gasteiger charge is -2.43. The monoisotopic (exact) mass is 576 g/mol. The number of ether oxygens (including phenoxy) is 3. The molecule has 0 N–H and O–H groups in total. The number of hydrogen-bond donors (Lipinski definition) is 0. The molecule has 1 saturated carbocycles. The summed E-state index contributed by atoms with van der Waals surface area (Å²) in [6.07, 6.45) is 2.24. The van der Waals surface area contributed by atoms with Gasteiger partial charge >= 0.3 is 6.09 Å². The van der Waals surface area contributed by atoms with Crippen molar-refractivity contribution in [3.8, 4) is 17.0 Å². The molecule has 2 fully saturated rings. The van der Waals surface area contributed by atoms with Crippen LogP contribution in [0.15, 0.2) is 42.6 Å². The lowest BCUT2D eigenvalue weighted by molar-refractivity contribution is -0.0178. The topological polar surface area (TPSA) is 94.8 Å². The van der Waals surface area contributed by atoms with Crippen molar-refractivity contribution in [1.29, 1.82) is 0 Å². The van der Waals surface area contributed by atoms with Gasteiger partial charge < -0.3 is 24.0 Å². The first-order valence-electron chi connectivity index (χ1n) is 14.4. The van der Waals surface area contributed by atoms with Crippen LogP contribution in [0.2, 0.25) is 0 Å². The number of amides is 1. The number of carbonyl (C=O) groups excluding carboxylic acids is 1. The highest BCUT2D eigenvalue weighted by Gasteiger charge is 2.43. The van der Waals surface area contributed by atoms with Gasteiger partial charge in [0.15, 0.2) is 6.79 Å². The summed E-state index contributed by atoms with van der Waals surface area (Å²) in [4.78, 5) is 26.9. The number of nitrogens with zero attached hydrogens (tertiary/aromatic N) is 6. The number of rotatable bonds is 7. The lowest BCUT2D eigenvalue weighted by atomic mass is 9.88. The summed E-state index contributed by atoms with van der Waals surface area (Å²) in [7, 11) is 3.47. The van der Waals surface area contributed by atoms with Crippen LogP contribution >= 0.6 is 0 Å². The first-order valence-corrected chi connectivity index (χ1v) is 14.4.